The van der Waals surface area contributed by atoms with Crippen molar-refractivity contribution in [3.8, 4) is 11.5 Å². The maximum atomic E-state index is 6.05. The van der Waals surface area contributed by atoms with Crippen LogP contribution in [-0.2, 0) is 0 Å². The summed E-state index contributed by atoms with van der Waals surface area (Å²) >= 11 is 5.88. The predicted octanol–water partition coefficient (Wildman–Crippen LogP) is 4.37. The van der Waals surface area contributed by atoms with Gasteiger partial charge in [-0.15, -0.1) is 0 Å². The zero-order chi connectivity index (χ0) is 17.2. The van der Waals surface area contributed by atoms with E-state index in [0.29, 0.717) is 11.6 Å². The summed E-state index contributed by atoms with van der Waals surface area (Å²) in [7, 11) is 0. The van der Waals surface area contributed by atoms with Gasteiger partial charge in [0.05, 0.1) is 18.8 Å². The monoisotopic (exact) mass is 346 g/mol. The number of halogens is 1. The van der Waals surface area contributed by atoms with Gasteiger partial charge in [0.25, 0.3) is 0 Å². The first-order valence-electron chi connectivity index (χ1n) is 8.15. The quantitative estimate of drug-likeness (QED) is 0.645. The normalized spacial score (nSPS) is 15.5. The van der Waals surface area contributed by atoms with E-state index in [0.717, 1.165) is 42.4 Å². The number of nitrogens with two attached hydrogens (primary N) is 1. The second kappa shape index (κ2) is 6.81. The van der Waals surface area contributed by atoms with E-state index in [1.54, 1.807) is 0 Å². The standard InChI is InChI=1S/C19H23ClN2O2/c1-19(2)13-22(17-12-15(21)6-9-18(17)24-19)10-3-11-23-16-7-4-14(20)5-8-16/h4-9,12H,3,10-11,13,21H2,1-2H3. The van der Waals surface area contributed by atoms with Gasteiger partial charge in [0, 0.05) is 17.3 Å². The first-order chi connectivity index (χ1) is 11.4. The molecular weight excluding hydrogens is 324 g/mol. The van der Waals surface area contributed by atoms with Crippen molar-refractivity contribution in [3.63, 3.8) is 0 Å². The van der Waals surface area contributed by atoms with Gasteiger partial charge in [-0.05, 0) is 62.7 Å². The van der Waals surface area contributed by atoms with Crippen LogP contribution < -0.4 is 20.1 Å². The minimum Gasteiger partial charge on any atom is -0.494 e. The summed E-state index contributed by atoms with van der Waals surface area (Å²) in [6.07, 6.45) is 0.910. The molecule has 0 saturated carbocycles. The van der Waals surface area contributed by atoms with Gasteiger partial charge in [-0.25, -0.2) is 0 Å². The van der Waals surface area contributed by atoms with Gasteiger partial charge in [0.1, 0.15) is 17.1 Å². The number of rotatable bonds is 5. The molecule has 4 nitrogen and oxygen atoms in total. The van der Waals surface area contributed by atoms with E-state index in [9.17, 15) is 0 Å². The summed E-state index contributed by atoms with van der Waals surface area (Å²) in [5, 5.41) is 0.715. The van der Waals surface area contributed by atoms with Crippen LogP contribution >= 0.6 is 11.6 Å². The fourth-order valence-electron chi connectivity index (χ4n) is 2.92. The third-order valence-corrected chi connectivity index (χ3v) is 4.19. The Kier molecular flexibility index (Phi) is 4.76. The predicted molar refractivity (Wildman–Crippen MR) is 99.3 cm³/mol. The smallest absolute Gasteiger partial charge is 0.143 e. The van der Waals surface area contributed by atoms with E-state index in [4.69, 9.17) is 26.8 Å². The molecule has 0 atom stereocenters. The van der Waals surface area contributed by atoms with Crippen molar-refractivity contribution in [2.24, 2.45) is 0 Å². The number of benzene rings is 2. The summed E-state index contributed by atoms with van der Waals surface area (Å²) in [4.78, 5) is 2.32. The van der Waals surface area contributed by atoms with Gasteiger partial charge < -0.3 is 20.1 Å². The summed E-state index contributed by atoms with van der Waals surface area (Å²) in [6.45, 7) is 6.56. The van der Waals surface area contributed by atoms with Gasteiger partial charge in [-0.2, -0.15) is 0 Å². The topological polar surface area (TPSA) is 47.7 Å². The molecule has 2 N–H and O–H groups in total. The van der Waals surface area contributed by atoms with Crippen LogP contribution in [-0.4, -0.2) is 25.3 Å². The number of nitrogen functional groups attached to an aromatic ring is 1. The Balaban J connectivity index is 1.60. The highest BCUT2D eigenvalue weighted by atomic mass is 35.5. The Morgan fingerprint density at radius 3 is 2.71 bits per heavy atom. The van der Waals surface area contributed by atoms with Crippen LogP contribution in [0.2, 0.25) is 5.02 Å². The molecule has 0 spiro atoms. The molecule has 1 heterocycles. The largest absolute Gasteiger partial charge is 0.494 e. The fraction of sp³-hybridized carbons (Fsp3) is 0.368. The molecule has 0 radical (unpaired) electrons. The zero-order valence-electron chi connectivity index (χ0n) is 14.1. The SMILES string of the molecule is CC1(C)CN(CCCOc2ccc(Cl)cc2)c2cc(N)ccc2O1. The first kappa shape index (κ1) is 16.8. The second-order valence-corrected chi connectivity index (χ2v) is 7.10. The third kappa shape index (κ3) is 4.06. The van der Waals surface area contributed by atoms with Gasteiger partial charge >= 0.3 is 0 Å². The average Bonchev–Trinajstić information content (AvgIpc) is 2.53. The lowest BCUT2D eigenvalue weighted by Gasteiger charge is -2.41. The van der Waals surface area contributed by atoms with E-state index >= 15 is 0 Å². The van der Waals surface area contributed by atoms with Crippen molar-refractivity contribution >= 4 is 23.0 Å². The molecule has 2 aromatic carbocycles. The van der Waals surface area contributed by atoms with Gasteiger partial charge in [0.15, 0.2) is 0 Å². The molecule has 0 aliphatic carbocycles. The molecule has 1 aliphatic rings. The van der Waals surface area contributed by atoms with Crippen molar-refractivity contribution in [2.75, 3.05) is 30.3 Å². The van der Waals surface area contributed by atoms with Crippen LogP contribution in [0.5, 0.6) is 11.5 Å². The van der Waals surface area contributed by atoms with Crippen LogP contribution in [0.1, 0.15) is 20.3 Å². The Labute approximate surface area is 148 Å². The number of anilines is 2. The molecule has 1 aliphatic heterocycles. The highest BCUT2D eigenvalue weighted by molar-refractivity contribution is 6.30. The van der Waals surface area contributed by atoms with E-state index in [-0.39, 0.29) is 5.60 Å². The molecule has 0 aromatic heterocycles. The summed E-state index contributed by atoms with van der Waals surface area (Å²) in [5.74, 6) is 1.73. The summed E-state index contributed by atoms with van der Waals surface area (Å²) < 4.78 is 11.8. The minimum absolute atomic E-state index is 0.222. The molecule has 5 heteroatoms. The van der Waals surface area contributed by atoms with Crippen LogP contribution in [0.4, 0.5) is 11.4 Å². The lowest BCUT2D eigenvalue weighted by atomic mass is 10.0. The molecule has 0 bridgehead atoms. The third-order valence-electron chi connectivity index (χ3n) is 3.94. The van der Waals surface area contributed by atoms with Crippen molar-refractivity contribution in [1.82, 2.24) is 0 Å². The van der Waals surface area contributed by atoms with E-state index in [1.165, 1.54) is 0 Å². The van der Waals surface area contributed by atoms with Gasteiger partial charge in [0.2, 0.25) is 0 Å². The molecule has 3 rings (SSSR count). The molecule has 0 saturated heterocycles. The Morgan fingerprint density at radius 2 is 1.96 bits per heavy atom. The van der Waals surface area contributed by atoms with E-state index in [2.05, 4.69) is 18.7 Å². The molecular formula is C19H23ClN2O2. The average molecular weight is 347 g/mol. The van der Waals surface area contributed by atoms with Crippen molar-refractivity contribution in [3.05, 3.63) is 47.5 Å². The molecule has 0 unspecified atom stereocenters. The molecule has 0 amide bonds. The van der Waals surface area contributed by atoms with Crippen molar-refractivity contribution in [1.29, 1.82) is 0 Å². The summed E-state index contributed by atoms with van der Waals surface area (Å²) in [6, 6.07) is 13.2. The Bertz CT molecular complexity index is 701. The number of fused-ring (bicyclic) bond motifs is 1. The Hall–Kier alpha value is -2.07. The highest BCUT2D eigenvalue weighted by Gasteiger charge is 2.31. The molecule has 128 valence electrons. The number of hydrogen-bond donors (Lipinski definition) is 1. The highest BCUT2D eigenvalue weighted by Crippen LogP contribution is 2.38. The lowest BCUT2D eigenvalue weighted by molar-refractivity contribution is 0.104. The van der Waals surface area contributed by atoms with E-state index in [1.807, 2.05) is 42.5 Å². The molecule has 24 heavy (non-hydrogen) atoms. The van der Waals surface area contributed by atoms with Crippen LogP contribution in [0.3, 0.4) is 0 Å². The van der Waals surface area contributed by atoms with Gasteiger partial charge in [-0.3, -0.25) is 0 Å². The Morgan fingerprint density at radius 1 is 1.21 bits per heavy atom. The zero-order valence-corrected chi connectivity index (χ0v) is 14.8. The maximum Gasteiger partial charge on any atom is 0.143 e. The number of nitrogens with zero attached hydrogens (tertiary/aromatic N) is 1. The minimum atomic E-state index is -0.222. The van der Waals surface area contributed by atoms with Gasteiger partial charge in [-0.1, -0.05) is 11.6 Å². The number of ether oxygens (including phenoxy) is 2. The summed E-state index contributed by atoms with van der Waals surface area (Å²) in [5.41, 5.74) is 7.52. The molecule has 0 fully saturated rings. The lowest BCUT2D eigenvalue weighted by Crippen LogP contribution is -2.47. The maximum absolute atomic E-state index is 6.05. The van der Waals surface area contributed by atoms with Crippen molar-refractivity contribution in [2.45, 2.75) is 25.9 Å². The van der Waals surface area contributed by atoms with E-state index < -0.39 is 0 Å². The number of hydrogen-bond acceptors (Lipinski definition) is 4. The first-order valence-corrected chi connectivity index (χ1v) is 8.53. The molecule has 2 aromatic rings. The fourth-order valence-corrected chi connectivity index (χ4v) is 3.04. The van der Waals surface area contributed by atoms with Crippen molar-refractivity contribution < 1.29 is 9.47 Å². The van der Waals surface area contributed by atoms with Crippen LogP contribution in [0, 0.1) is 0 Å². The van der Waals surface area contributed by atoms with Crippen LogP contribution in [0.15, 0.2) is 42.5 Å². The second-order valence-electron chi connectivity index (χ2n) is 6.67. The van der Waals surface area contributed by atoms with Crippen LogP contribution in [0.25, 0.3) is 0 Å².